The number of benzene rings is 4. The highest BCUT2D eigenvalue weighted by molar-refractivity contribution is 6.09. The molecule has 0 saturated carbocycles. The molecule has 0 N–H and O–H groups in total. The van der Waals surface area contributed by atoms with E-state index in [1.165, 1.54) is 23.4 Å². The van der Waals surface area contributed by atoms with E-state index in [0.29, 0.717) is 45.0 Å². The van der Waals surface area contributed by atoms with Crippen LogP contribution < -0.4 is 0 Å². The summed E-state index contributed by atoms with van der Waals surface area (Å²) in [5, 5.41) is 2.30. The van der Waals surface area contributed by atoms with Crippen LogP contribution in [0.3, 0.4) is 0 Å². The Bertz CT molecular complexity index is 2800. The number of hydrogen-bond acceptors (Lipinski definition) is 6. The van der Waals surface area contributed by atoms with Gasteiger partial charge < -0.3 is 4.42 Å². The van der Waals surface area contributed by atoms with Crippen molar-refractivity contribution in [2.24, 2.45) is 5.41 Å². The monoisotopic (exact) mass is 719 g/mol. The van der Waals surface area contributed by atoms with E-state index in [1.54, 1.807) is 0 Å². The third kappa shape index (κ3) is 4.90. The minimum absolute atomic E-state index is 0.0664. The van der Waals surface area contributed by atoms with Crippen molar-refractivity contribution < 1.29 is 17.6 Å². The van der Waals surface area contributed by atoms with Crippen molar-refractivity contribution in [3.8, 4) is 45.4 Å². The van der Waals surface area contributed by atoms with Crippen LogP contribution in [-0.4, -0.2) is 24.9 Å². The van der Waals surface area contributed by atoms with Crippen LogP contribution in [0.1, 0.15) is 58.4 Å². The summed E-state index contributed by atoms with van der Waals surface area (Å²) >= 11 is 0. The Morgan fingerprint density at radius 3 is 1.98 bits per heavy atom. The Kier molecular flexibility index (Phi) is 7.22. The molecule has 9 rings (SSSR count). The zero-order chi connectivity index (χ0) is 37.8. The van der Waals surface area contributed by atoms with Crippen LogP contribution in [0.5, 0.6) is 0 Å². The van der Waals surface area contributed by atoms with Crippen molar-refractivity contribution in [3.05, 3.63) is 126 Å². The molecule has 0 amide bonds. The summed E-state index contributed by atoms with van der Waals surface area (Å²) in [4.78, 5) is 23.8. The van der Waals surface area contributed by atoms with Gasteiger partial charge >= 0.3 is 6.18 Å². The van der Waals surface area contributed by atoms with E-state index in [4.69, 9.17) is 24.4 Å². The topological polar surface area (TPSA) is 77.6 Å². The summed E-state index contributed by atoms with van der Waals surface area (Å²) in [6.07, 6.45) is -3.15. The van der Waals surface area contributed by atoms with E-state index in [0.717, 1.165) is 22.4 Å². The van der Waals surface area contributed by atoms with Gasteiger partial charge in [-0.15, -0.1) is 0 Å². The van der Waals surface area contributed by atoms with Gasteiger partial charge in [0.2, 0.25) is 0 Å². The van der Waals surface area contributed by atoms with Gasteiger partial charge in [0, 0.05) is 33.5 Å². The molecule has 4 heterocycles. The average Bonchev–Trinajstić information content (AvgIpc) is 3.59. The maximum Gasteiger partial charge on any atom is 0.433 e. The Morgan fingerprint density at radius 2 is 1.22 bits per heavy atom. The van der Waals surface area contributed by atoms with Gasteiger partial charge in [0.1, 0.15) is 16.9 Å². The summed E-state index contributed by atoms with van der Waals surface area (Å²) in [5.74, 6) is 0.791. The Balaban J connectivity index is 1.29. The smallest absolute Gasteiger partial charge is 0.433 e. The van der Waals surface area contributed by atoms with Gasteiger partial charge in [0.25, 0.3) is 0 Å². The molecule has 54 heavy (non-hydrogen) atoms. The Hall–Kier alpha value is -5.96. The number of nitrogens with zero attached hydrogens (tertiary/aromatic N) is 5. The molecule has 4 aromatic heterocycles. The number of fused-ring (bicyclic) bond motifs is 5. The average molecular weight is 720 g/mol. The first-order valence-corrected chi connectivity index (χ1v) is 17.9. The van der Waals surface area contributed by atoms with Gasteiger partial charge in [-0.05, 0) is 57.7 Å². The summed E-state index contributed by atoms with van der Waals surface area (Å²) in [6, 6.07) is 31.7. The first kappa shape index (κ1) is 33.8. The Morgan fingerprint density at radius 1 is 0.556 bits per heavy atom. The van der Waals surface area contributed by atoms with Gasteiger partial charge in [-0.1, -0.05) is 114 Å². The second kappa shape index (κ2) is 11.5. The highest BCUT2D eigenvalue weighted by atomic mass is 19.4. The zero-order valence-corrected chi connectivity index (χ0v) is 30.7. The summed E-state index contributed by atoms with van der Waals surface area (Å²) in [6.45, 7) is 13.6. The van der Waals surface area contributed by atoms with Crippen molar-refractivity contribution >= 4 is 32.8 Å². The second-order valence-electron chi connectivity index (χ2n) is 15.7. The molecule has 0 unspecified atom stereocenters. The fourth-order valence-electron chi connectivity index (χ4n) is 8.13. The summed E-state index contributed by atoms with van der Waals surface area (Å²) < 4.78 is 49.3. The minimum Gasteiger partial charge on any atom is -0.455 e. The van der Waals surface area contributed by atoms with Gasteiger partial charge in [-0.25, -0.2) is 19.9 Å². The van der Waals surface area contributed by atoms with Crippen LogP contribution in [0.25, 0.3) is 78.3 Å². The fraction of sp³-hybridized carbons (Fsp3) is 0.222. The molecule has 0 saturated heterocycles. The largest absolute Gasteiger partial charge is 0.455 e. The van der Waals surface area contributed by atoms with Gasteiger partial charge in [-0.2, -0.15) is 13.2 Å². The van der Waals surface area contributed by atoms with Gasteiger partial charge in [-0.3, -0.25) is 4.98 Å². The van der Waals surface area contributed by atoms with Crippen molar-refractivity contribution in [1.29, 1.82) is 0 Å². The van der Waals surface area contributed by atoms with E-state index < -0.39 is 11.9 Å². The standard InChI is InChI=1S/C45H36F3N5O/c1-42(2)32-21-19-26(23-33(32)43(3,4)44(42,5)6)36-29-20-22-35(45(46,47)48)50-37(29)31(24-49-36)41-52-39(25-13-8-7-9-14-25)51-40(53-41)30-17-12-16-28-27-15-10-11-18-34(27)54-38(28)30/h7-24H,1-6H3. The van der Waals surface area contributed by atoms with Crippen LogP contribution >= 0.6 is 0 Å². The lowest BCUT2D eigenvalue weighted by molar-refractivity contribution is -0.140. The molecule has 1 aliphatic carbocycles. The lowest BCUT2D eigenvalue weighted by Gasteiger charge is -2.44. The normalized spacial score (nSPS) is 15.9. The maximum absolute atomic E-state index is 14.3. The van der Waals surface area contributed by atoms with Gasteiger partial charge in [0.15, 0.2) is 17.5 Å². The predicted octanol–water partition coefficient (Wildman–Crippen LogP) is 12.0. The molecule has 0 radical (unpaired) electrons. The highest BCUT2D eigenvalue weighted by Gasteiger charge is 2.56. The van der Waals surface area contributed by atoms with E-state index in [9.17, 15) is 13.2 Å². The predicted molar refractivity (Wildman–Crippen MR) is 207 cm³/mol. The lowest BCUT2D eigenvalue weighted by Crippen LogP contribution is -2.42. The lowest BCUT2D eigenvalue weighted by atomic mass is 9.59. The van der Waals surface area contributed by atoms with Gasteiger partial charge in [0.05, 0.1) is 22.3 Å². The van der Waals surface area contributed by atoms with Crippen LogP contribution in [0, 0.1) is 5.41 Å². The molecule has 9 heteroatoms. The zero-order valence-electron chi connectivity index (χ0n) is 30.7. The molecule has 0 bridgehead atoms. The molecule has 1 aliphatic rings. The Labute approximate surface area is 310 Å². The molecule has 6 nitrogen and oxygen atoms in total. The molecule has 4 aromatic carbocycles. The fourth-order valence-corrected chi connectivity index (χ4v) is 8.13. The number of para-hydroxylation sites is 2. The second-order valence-corrected chi connectivity index (χ2v) is 15.7. The van der Waals surface area contributed by atoms with Crippen LogP contribution in [0.4, 0.5) is 13.2 Å². The van der Waals surface area contributed by atoms with E-state index in [-0.39, 0.29) is 33.1 Å². The molecule has 0 aliphatic heterocycles. The molecule has 0 fully saturated rings. The number of alkyl halides is 3. The molecule has 0 spiro atoms. The number of halogens is 3. The van der Waals surface area contributed by atoms with Crippen LogP contribution in [0.2, 0.25) is 0 Å². The number of aromatic nitrogens is 5. The maximum atomic E-state index is 14.3. The number of rotatable bonds is 4. The highest BCUT2D eigenvalue weighted by Crippen LogP contribution is 2.62. The van der Waals surface area contributed by atoms with Crippen LogP contribution in [-0.2, 0) is 17.0 Å². The van der Waals surface area contributed by atoms with Crippen LogP contribution in [0.15, 0.2) is 114 Å². The van der Waals surface area contributed by atoms with Crippen molar-refractivity contribution in [1.82, 2.24) is 24.9 Å². The summed E-state index contributed by atoms with van der Waals surface area (Å²) in [7, 11) is 0. The SMILES string of the molecule is CC1(C)c2ccc(-c3ncc(-c4nc(-c5ccccc5)nc(-c5cccc6c5oc5ccccc56)n4)c4nc(C(F)(F)F)ccc34)cc2C(C)(C)C1(C)C. The van der Waals surface area contributed by atoms with E-state index >= 15 is 0 Å². The first-order chi connectivity index (χ1) is 25.7. The molecule has 268 valence electrons. The van der Waals surface area contributed by atoms with E-state index in [1.807, 2.05) is 78.9 Å². The molecule has 8 aromatic rings. The number of pyridine rings is 2. The van der Waals surface area contributed by atoms with Crippen molar-refractivity contribution in [3.63, 3.8) is 0 Å². The minimum atomic E-state index is -4.68. The molecular formula is C45H36F3N5O. The quantitative estimate of drug-likeness (QED) is 0.180. The third-order valence-corrected chi connectivity index (χ3v) is 12.3. The number of hydrogen-bond donors (Lipinski definition) is 0. The summed E-state index contributed by atoms with van der Waals surface area (Å²) in [5.41, 5.74) is 5.39. The van der Waals surface area contributed by atoms with E-state index in [2.05, 4.69) is 58.7 Å². The van der Waals surface area contributed by atoms with Crippen molar-refractivity contribution in [2.45, 2.75) is 58.5 Å². The molecular weight excluding hydrogens is 684 g/mol. The van der Waals surface area contributed by atoms with Crippen molar-refractivity contribution in [2.75, 3.05) is 0 Å². The number of furan rings is 1. The first-order valence-electron chi connectivity index (χ1n) is 17.9. The third-order valence-electron chi connectivity index (χ3n) is 12.3. The molecule has 0 atom stereocenters.